The Labute approximate surface area is 115 Å². The molecule has 1 atom stereocenters. The van der Waals surface area contributed by atoms with Crippen molar-refractivity contribution in [3.8, 4) is 0 Å². The van der Waals surface area contributed by atoms with E-state index in [0.29, 0.717) is 11.7 Å². The van der Waals surface area contributed by atoms with Crippen LogP contribution in [-0.4, -0.2) is 24.2 Å². The van der Waals surface area contributed by atoms with Gasteiger partial charge in [-0.25, -0.2) is 0 Å². The van der Waals surface area contributed by atoms with Crippen LogP contribution in [0.3, 0.4) is 0 Å². The summed E-state index contributed by atoms with van der Waals surface area (Å²) in [6, 6.07) is -0.454. The molecule has 4 bridgehead atoms. The molecule has 4 heteroatoms. The first-order chi connectivity index (χ1) is 8.67. The molecule has 4 aliphatic carbocycles. The molecule has 4 saturated carbocycles. The highest BCUT2D eigenvalue weighted by Gasteiger charge is 2.47. The van der Waals surface area contributed by atoms with Gasteiger partial charge in [-0.2, -0.15) is 12.6 Å². The van der Waals surface area contributed by atoms with E-state index >= 15 is 0 Å². The minimum Gasteiger partial charge on any atom is -0.354 e. The number of amides is 1. The molecule has 4 aliphatic rings. The lowest BCUT2D eigenvalue weighted by Crippen LogP contribution is -2.51. The Hall–Kier alpha value is -0.220. The predicted molar refractivity (Wildman–Crippen MR) is 75.4 cm³/mol. The molecule has 0 aromatic heterocycles. The van der Waals surface area contributed by atoms with Gasteiger partial charge in [-0.1, -0.05) is 0 Å². The number of hydrogen-bond acceptors (Lipinski definition) is 3. The highest BCUT2D eigenvalue weighted by molar-refractivity contribution is 7.80. The second kappa shape index (κ2) is 5.04. The van der Waals surface area contributed by atoms with Gasteiger partial charge < -0.3 is 11.1 Å². The monoisotopic (exact) mass is 268 g/mol. The van der Waals surface area contributed by atoms with Crippen LogP contribution in [0.1, 0.15) is 32.1 Å². The van der Waals surface area contributed by atoms with E-state index < -0.39 is 6.04 Å². The number of thiol groups is 1. The summed E-state index contributed by atoms with van der Waals surface area (Å²) in [4.78, 5) is 11.7. The number of hydrogen-bond donors (Lipinski definition) is 3. The number of nitrogens with two attached hydrogens (primary N) is 1. The minimum atomic E-state index is -0.454. The van der Waals surface area contributed by atoms with E-state index in [2.05, 4.69) is 17.9 Å². The van der Waals surface area contributed by atoms with Crippen molar-refractivity contribution in [3.05, 3.63) is 0 Å². The Kier molecular flexibility index (Phi) is 3.59. The van der Waals surface area contributed by atoms with Crippen molar-refractivity contribution in [1.82, 2.24) is 5.32 Å². The molecule has 4 rings (SSSR count). The van der Waals surface area contributed by atoms with E-state index in [-0.39, 0.29) is 5.91 Å². The normalized spacial score (nSPS) is 42.9. The van der Waals surface area contributed by atoms with Crippen LogP contribution < -0.4 is 11.1 Å². The topological polar surface area (TPSA) is 55.1 Å². The zero-order valence-corrected chi connectivity index (χ0v) is 11.7. The summed E-state index contributed by atoms with van der Waals surface area (Å²) < 4.78 is 0. The molecule has 0 aromatic carbocycles. The van der Waals surface area contributed by atoms with Gasteiger partial charge in [0.2, 0.25) is 5.91 Å². The first-order valence-electron chi connectivity index (χ1n) is 7.31. The standard InChI is InChI=1S/C14H24N2OS/c15-13(7-18)14(17)16-6-12-10-2-8-1-9(4-10)5-11(12)3-8/h8-13,18H,1-7,15H2,(H,16,17). The molecule has 4 fully saturated rings. The van der Waals surface area contributed by atoms with Crippen LogP contribution in [-0.2, 0) is 4.79 Å². The van der Waals surface area contributed by atoms with Gasteiger partial charge in [0.25, 0.3) is 0 Å². The first kappa shape index (κ1) is 12.8. The first-order valence-corrected chi connectivity index (χ1v) is 7.94. The molecular weight excluding hydrogens is 244 g/mol. The minimum absolute atomic E-state index is 0.0289. The predicted octanol–water partition coefficient (Wildman–Crippen LogP) is 1.43. The Morgan fingerprint density at radius 2 is 1.72 bits per heavy atom. The largest absolute Gasteiger partial charge is 0.354 e. The van der Waals surface area contributed by atoms with Crippen LogP contribution in [0.15, 0.2) is 0 Å². The quantitative estimate of drug-likeness (QED) is 0.676. The van der Waals surface area contributed by atoms with E-state index in [0.717, 1.165) is 30.2 Å². The molecule has 1 unspecified atom stereocenters. The van der Waals surface area contributed by atoms with Crippen molar-refractivity contribution >= 4 is 18.5 Å². The third kappa shape index (κ3) is 2.29. The summed E-state index contributed by atoms with van der Waals surface area (Å²) in [5.74, 6) is 4.85. The molecule has 0 aliphatic heterocycles. The zero-order valence-electron chi connectivity index (χ0n) is 10.8. The lowest BCUT2D eigenvalue weighted by molar-refractivity contribution is -0.123. The van der Waals surface area contributed by atoms with Crippen molar-refractivity contribution in [2.75, 3.05) is 12.3 Å². The van der Waals surface area contributed by atoms with Crippen molar-refractivity contribution in [2.24, 2.45) is 35.3 Å². The summed E-state index contributed by atoms with van der Waals surface area (Å²) in [5, 5.41) is 3.05. The average molecular weight is 268 g/mol. The molecule has 3 N–H and O–H groups in total. The molecule has 1 amide bonds. The van der Waals surface area contributed by atoms with E-state index in [9.17, 15) is 4.79 Å². The van der Waals surface area contributed by atoms with Gasteiger partial charge in [-0.05, 0) is 61.7 Å². The van der Waals surface area contributed by atoms with Crippen LogP contribution in [0, 0.1) is 29.6 Å². The molecule has 0 spiro atoms. The number of carbonyl (C=O) groups is 1. The Balaban J connectivity index is 1.56. The van der Waals surface area contributed by atoms with Gasteiger partial charge in [0.1, 0.15) is 0 Å². The Morgan fingerprint density at radius 3 is 2.22 bits per heavy atom. The maximum atomic E-state index is 11.7. The van der Waals surface area contributed by atoms with E-state index in [4.69, 9.17) is 5.73 Å². The Morgan fingerprint density at radius 1 is 1.17 bits per heavy atom. The zero-order chi connectivity index (χ0) is 12.7. The van der Waals surface area contributed by atoms with Crippen LogP contribution in [0.4, 0.5) is 0 Å². The second-order valence-electron chi connectivity index (χ2n) is 6.63. The van der Waals surface area contributed by atoms with Gasteiger partial charge in [0.15, 0.2) is 0 Å². The number of carbonyl (C=O) groups excluding carboxylic acids is 1. The van der Waals surface area contributed by atoms with Crippen molar-refractivity contribution < 1.29 is 4.79 Å². The summed E-state index contributed by atoms with van der Waals surface area (Å²) in [6.45, 7) is 0.842. The molecule has 0 heterocycles. The average Bonchev–Trinajstić information content (AvgIpc) is 2.35. The van der Waals surface area contributed by atoms with Crippen molar-refractivity contribution in [1.29, 1.82) is 0 Å². The fourth-order valence-electron chi connectivity index (χ4n) is 4.80. The Bertz CT molecular complexity index is 306. The highest BCUT2D eigenvalue weighted by atomic mass is 32.1. The molecule has 0 aromatic rings. The smallest absolute Gasteiger partial charge is 0.237 e. The lowest BCUT2D eigenvalue weighted by atomic mass is 9.52. The molecule has 3 nitrogen and oxygen atoms in total. The van der Waals surface area contributed by atoms with Gasteiger partial charge in [-0.15, -0.1) is 0 Å². The van der Waals surface area contributed by atoms with Crippen molar-refractivity contribution in [2.45, 2.75) is 38.1 Å². The van der Waals surface area contributed by atoms with Crippen LogP contribution >= 0.6 is 12.6 Å². The maximum Gasteiger partial charge on any atom is 0.237 e. The van der Waals surface area contributed by atoms with Gasteiger partial charge in [0, 0.05) is 12.3 Å². The van der Waals surface area contributed by atoms with Crippen LogP contribution in [0.25, 0.3) is 0 Å². The fraction of sp³-hybridized carbons (Fsp3) is 0.929. The molecule has 18 heavy (non-hydrogen) atoms. The van der Waals surface area contributed by atoms with Crippen LogP contribution in [0.5, 0.6) is 0 Å². The maximum absolute atomic E-state index is 11.7. The van der Waals surface area contributed by atoms with E-state index in [1.54, 1.807) is 0 Å². The third-order valence-corrected chi connectivity index (χ3v) is 5.86. The molecule has 0 radical (unpaired) electrons. The summed E-state index contributed by atoms with van der Waals surface area (Å²) in [5.41, 5.74) is 5.69. The van der Waals surface area contributed by atoms with Crippen molar-refractivity contribution in [3.63, 3.8) is 0 Å². The SMILES string of the molecule is NC(CS)C(=O)NCC1C2CC3CC(C2)CC1C3. The van der Waals surface area contributed by atoms with Gasteiger partial charge in [0.05, 0.1) is 6.04 Å². The fourth-order valence-corrected chi connectivity index (χ4v) is 4.97. The van der Waals surface area contributed by atoms with Gasteiger partial charge >= 0.3 is 0 Å². The van der Waals surface area contributed by atoms with E-state index in [1.807, 2.05) is 0 Å². The molecule has 102 valence electrons. The van der Waals surface area contributed by atoms with Crippen LogP contribution in [0.2, 0.25) is 0 Å². The molecular formula is C14H24N2OS. The third-order valence-electron chi connectivity index (χ3n) is 5.47. The number of nitrogens with one attached hydrogen (secondary N) is 1. The second-order valence-corrected chi connectivity index (χ2v) is 6.99. The highest BCUT2D eigenvalue weighted by Crippen LogP contribution is 2.56. The van der Waals surface area contributed by atoms with E-state index in [1.165, 1.54) is 32.1 Å². The van der Waals surface area contributed by atoms with Gasteiger partial charge in [-0.3, -0.25) is 4.79 Å². The summed E-state index contributed by atoms with van der Waals surface area (Å²) in [6.07, 6.45) is 7.12. The number of rotatable bonds is 4. The summed E-state index contributed by atoms with van der Waals surface area (Å²) in [7, 11) is 0. The lowest BCUT2D eigenvalue weighted by Gasteiger charge is -2.54. The summed E-state index contributed by atoms with van der Waals surface area (Å²) >= 11 is 4.07. The molecule has 0 saturated heterocycles.